The monoisotopic (exact) mass is 355 g/mol. The van der Waals surface area contributed by atoms with E-state index in [4.69, 9.17) is 11.6 Å². The lowest BCUT2D eigenvalue weighted by Gasteiger charge is -2.07. The highest BCUT2D eigenvalue weighted by Gasteiger charge is 2.13. The van der Waals surface area contributed by atoms with Crippen molar-refractivity contribution in [3.05, 3.63) is 59.8 Å². The Bertz CT molecular complexity index is 1090. The van der Waals surface area contributed by atoms with Gasteiger partial charge >= 0.3 is 0 Å². The Morgan fingerprint density at radius 2 is 2.04 bits per heavy atom. The minimum absolute atomic E-state index is 0.0422. The van der Waals surface area contributed by atoms with Gasteiger partial charge in [-0.15, -0.1) is 0 Å². The minimum Gasteiger partial charge on any atom is -0.313 e. The zero-order valence-corrected chi connectivity index (χ0v) is 13.5. The molecule has 0 saturated carbocycles. The number of hydrogen-bond acceptors (Lipinski definition) is 3. The summed E-state index contributed by atoms with van der Waals surface area (Å²) in [5.41, 5.74) is 3.80. The maximum atomic E-state index is 13.4. The fourth-order valence-electron chi connectivity index (χ4n) is 2.68. The summed E-state index contributed by atoms with van der Waals surface area (Å²) in [5, 5.41) is 9.66. The molecule has 25 heavy (non-hydrogen) atoms. The van der Waals surface area contributed by atoms with Gasteiger partial charge in [0.15, 0.2) is 0 Å². The van der Waals surface area contributed by atoms with E-state index in [0.717, 1.165) is 16.7 Å². The summed E-state index contributed by atoms with van der Waals surface area (Å²) in [6.45, 7) is 0. The molecule has 4 rings (SSSR count). The summed E-state index contributed by atoms with van der Waals surface area (Å²) in [6, 6.07) is 8.22. The van der Waals surface area contributed by atoms with E-state index in [-0.39, 0.29) is 5.02 Å². The smallest absolute Gasteiger partial charge is 0.212 e. The van der Waals surface area contributed by atoms with Crippen LogP contribution in [0, 0.1) is 5.82 Å². The number of hydrogen-bond donors (Lipinski definition) is 2. The molecule has 6 nitrogen and oxygen atoms in total. The number of H-pyrrole nitrogens is 1. The van der Waals surface area contributed by atoms with Crippen molar-refractivity contribution in [1.29, 1.82) is 0 Å². The van der Waals surface area contributed by atoms with E-state index in [9.17, 15) is 9.18 Å². The van der Waals surface area contributed by atoms with Crippen molar-refractivity contribution in [3.8, 4) is 22.4 Å². The van der Waals surface area contributed by atoms with E-state index in [1.807, 2.05) is 18.3 Å². The molecule has 8 heteroatoms. The first kappa shape index (κ1) is 15.3. The minimum atomic E-state index is -0.476. The number of anilines is 1. The van der Waals surface area contributed by atoms with Crippen LogP contribution in [0.1, 0.15) is 0 Å². The summed E-state index contributed by atoms with van der Waals surface area (Å²) < 4.78 is 15.2. The summed E-state index contributed by atoms with van der Waals surface area (Å²) in [6.07, 6.45) is 5.69. The molecule has 1 aromatic carbocycles. The number of amides is 1. The highest BCUT2D eigenvalue weighted by Crippen LogP contribution is 2.32. The number of rotatable bonds is 4. The molecule has 1 amide bonds. The number of benzene rings is 1. The van der Waals surface area contributed by atoms with Crippen molar-refractivity contribution in [2.45, 2.75) is 0 Å². The molecule has 0 bridgehead atoms. The van der Waals surface area contributed by atoms with Crippen LogP contribution >= 0.6 is 11.6 Å². The number of imidazole rings is 1. The molecular weight excluding hydrogens is 345 g/mol. The number of aromatic amines is 1. The molecule has 0 radical (unpaired) electrons. The first-order valence-electron chi connectivity index (χ1n) is 7.34. The van der Waals surface area contributed by atoms with Crippen molar-refractivity contribution < 1.29 is 9.18 Å². The number of pyridine rings is 1. The number of halogens is 2. The first-order chi connectivity index (χ1) is 12.2. The fourth-order valence-corrected chi connectivity index (χ4v) is 2.86. The molecule has 0 aliphatic rings. The van der Waals surface area contributed by atoms with Gasteiger partial charge in [-0.05, 0) is 30.3 Å². The highest BCUT2D eigenvalue weighted by molar-refractivity contribution is 6.31. The number of carbonyl (C=O) groups excluding carboxylic acids is 1. The second-order valence-electron chi connectivity index (χ2n) is 5.34. The van der Waals surface area contributed by atoms with Crippen LogP contribution in [-0.2, 0) is 4.79 Å². The van der Waals surface area contributed by atoms with E-state index < -0.39 is 5.82 Å². The van der Waals surface area contributed by atoms with Gasteiger partial charge in [0.1, 0.15) is 17.3 Å². The van der Waals surface area contributed by atoms with Crippen LogP contribution in [0.4, 0.5) is 10.2 Å². The molecule has 4 aromatic rings. The molecule has 0 atom stereocenters. The van der Waals surface area contributed by atoms with Crippen LogP contribution in [0.5, 0.6) is 0 Å². The normalized spacial score (nSPS) is 11.0. The highest BCUT2D eigenvalue weighted by atomic mass is 35.5. The summed E-state index contributed by atoms with van der Waals surface area (Å²) in [4.78, 5) is 14.9. The molecular formula is C17H11ClFN5O. The van der Waals surface area contributed by atoms with Gasteiger partial charge in [0, 0.05) is 22.9 Å². The number of nitrogens with zero attached hydrogens (tertiary/aromatic N) is 3. The zero-order chi connectivity index (χ0) is 17.4. The number of fused-ring (bicyclic) bond motifs is 1. The Balaban J connectivity index is 1.84. The summed E-state index contributed by atoms with van der Waals surface area (Å²) in [5.74, 6) is 0.0811. The third-order valence-corrected chi connectivity index (χ3v) is 4.16. The van der Waals surface area contributed by atoms with E-state index in [1.54, 1.807) is 28.9 Å². The van der Waals surface area contributed by atoms with Gasteiger partial charge < -0.3 is 5.32 Å². The molecule has 0 aliphatic heterocycles. The zero-order valence-electron chi connectivity index (χ0n) is 12.7. The van der Waals surface area contributed by atoms with Crippen LogP contribution in [-0.4, -0.2) is 26.0 Å². The molecule has 0 saturated heterocycles. The second-order valence-corrected chi connectivity index (χ2v) is 5.75. The lowest BCUT2D eigenvalue weighted by atomic mass is 10.0. The van der Waals surface area contributed by atoms with Gasteiger partial charge in [0.25, 0.3) is 0 Å². The van der Waals surface area contributed by atoms with Gasteiger partial charge in [0.2, 0.25) is 6.41 Å². The molecule has 124 valence electrons. The topological polar surface area (TPSA) is 75.1 Å². The Morgan fingerprint density at radius 1 is 1.20 bits per heavy atom. The Hall–Kier alpha value is -3.19. The first-order valence-corrected chi connectivity index (χ1v) is 7.71. The van der Waals surface area contributed by atoms with Crippen molar-refractivity contribution in [3.63, 3.8) is 0 Å². The van der Waals surface area contributed by atoms with Crippen molar-refractivity contribution in [2.75, 3.05) is 5.32 Å². The molecule has 0 aliphatic carbocycles. The average molecular weight is 356 g/mol. The number of carbonyl (C=O) groups is 1. The van der Waals surface area contributed by atoms with Crippen LogP contribution in [0.2, 0.25) is 5.02 Å². The molecule has 3 aromatic heterocycles. The SMILES string of the molecule is O=CNc1cnc2ccc(-c3cn[nH]c3-c3ccc(F)c(Cl)c3)cn12. The lowest BCUT2D eigenvalue weighted by Crippen LogP contribution is -1.98. The van der Waals surface area contributed by atoms with Gasteiger partial charge in [-0.25, -0.2) is 9.37 Å². The molecule has 0 spiro atoms. The van der Waals surface area contributed by atoms with Crippen LogP contribution < -0.4 is 5.32 Å². The molecule has 2 N–H and O–H groups in total. The predicted octanol–water partition coefficient (Wildman–Crippen LogP) is 3.75. The Labute approximate surface area is 146 Å². The number of aromatic nitrogens is 4. The molecule has 3 heterocycles. The third kappa shape index (κ3) is 2.64. The third-order valence-electron chi connectivity index (χ3n) is 3.87. The van der Waals surface area contributed by atoms with E-state index in [1.165, 1.54) is 6.07 Å². The van der Waals surface area contributed by atoms with Crippen molar-refractivity contribution in [2.24, 2.45) is 0 Å². The maximum Gasteiger partial charge on any atom is 0.212 e. The van der Waals surface area contributed by atoms with E-state index >= 15 is 0 Å². The van der Waals surface area contributed by atoms with Gasteiger partial charge in [0.05, 0.1) is 23.1 Å². The standard InChI is InChI=1S/C17H11ClFN5O/c18-13-5-10(1-3-14(13)19)17-12(6-22-23-17)11-2-4-15-20-7-16(21-9-25)24(15)8-11/h1-9H,(H,21,25)(H,22,23). The predicted molar refractivity (Wildman–Crippen MR) is 92.9 cm³/mol. The van der Waals surface area contributed by atoms with Crippen molar-refractivity contribution in [1.82, 2.24) is 19.6 Å². The second kappa shape index (κ2) is 6.03. The van der Waals surface area contributed by atoms with Gasteiger partial charge in [-0.2, -0.15) is 5.10 Å². The van der Waals surface area contributed by atoms with Crippen molar-refractivity contribution >= 4 is 29.5 Å². The Morgan fingerprint density at radius 3 is 2.84 bits per heavy atom. The fraction of sp³-hybridized carbons (Fsp3) is 0. The van der Waals surface area contributed by atoms with E-state index in [2.05, 4.69) is 20.5 Å². The van der Waals surface area contributed by atoms with Crippen LogP contribution in [0.15, 0.2) is 48.9 Å². The lowest BCUT2D eigenvalue weighted by molar-refractivity contribution is -0.105. The van der Waals surface area contributed by atoms with Gasteiger partial charge in [-0.1, -0.05) is 11.6 Å². The van der Waals surface area contributed by atoms with Crippen LogP contribution in [0.25, 0.3) is 28.0 Å². The Kier molecular flexibility index (Phi) is 3.70. The summed E-state index contributed by atoms with van der Waals surface area (Å²) in [7, 11) is 0. The largest absolute Gasteiger partial charge is 0.313 e. The number of nitrogens with one attached hydrogen (secondary N) is 2. The quantitative estimate of drug-likeness (QED) is 0.547. The maximum absolute atomic E-state index is 13.4. The van der Waals surface area contributed by atoms with Crippen LogP contribution in [0.3, 0.4) is 0 Å². The van der Waals surface area contributed by atoms with Gasteiger partial charge in [-0.3, -0.25) is 14.3 Å². The molecule has 0 unspecified atom stereocenters. The molecule has 0 fully saturated rings. The summed E-state index contributed by atoms with van der Waals surface area (Å²) >= 11 is 5.89. The average Bonchev–Trinajstić information content (AvgIpc) is 3.25. The van der Waals surface area contributed by atoms with E-state index in [0.29, 0.717) is 23.6 Å².